The van der Waals surface area contributed by atoms with E-state index in [0.29, 0.717) is 12.6 Å². The van der Waals surface area contributed by atoms with Gasteiger partial charge in [-0.3, -0.25) is 4.90 Å². The second-order valence-corrected chi connectivity index (χ2v) is 5.68. The predicted octanol–water partition coefficient (Wildman–Crippen LogP) is 2.77. The third-order valence-corrected chi connectivity index (χ3v) is 4.46. The SMILES string of the molecule is COc1ccc(CN)cc1CN1CCCC(C)C1C. The van der Waals surface area contributed by atoms with E-state index in [-0.39, 0.29) is 0 Å². The second kappa shape index (κ2) is 6.40. The highest BCUT2D eigenvalue weighted by Crippen LogP contribution is 2.28. The Morgan fingerprint density at radius 2 is 2.16 bits per heavy atom. The van der Waals surface area contributed by atoms with Crippen molar-refractivity contribution in [2.45, 2.75) is 45.8 Å². The molecule has 3 nitrogen and oxygen atoms in total. The number of nitrogens with two attached hydrogens (primary N) is 1. The molecular weight excluding hydrogens is 236 g/mol. The van der Waals surface area contributed by atoms with Gasteiger partial charge in [0.05, 0.1) is 7.11 Å². The molecule has 2 N–H and O–H groups in total. The van der Waals surface area contributed by atoms with Crippen molar-refractivity contribution in [3.63, 3.8) is 0 Å². The minimum Gasteiger partial charge on any atom is -0.496 e. The molecule has 19 heavy (non-hydrogen) atoms. The van der Waals surface area contributed by atoms with E-state index in [1.165, 1.54) is 30.5 Å². The van der Waals surface area contributed by atoms with Crippen LogP contribution in [0.2, 0.25) is 0 Å². The van der Waals surface area contributed by atoms with Gasteiger partial charge in [-0.15, -0.1) is 0 Å². The van der Waals surface area contributed by atoms with E-state index in [1.54, 1.807) is 7.11 Å². The van der Waals surface area contributed by atoms with Gasteiger partial charge in [-0.25, -0.2) is 0 Å². The summed E-state index contributed by atoms with van der Waals surface area (Å²) < 4.78 is 5.48. The summed E-state index contributed by atoms with van der Waals surface area (Å²) in [5, 5.41) is 0. The van der Waals surface area contributed by atoms with E-state index in [1.807, 2.05) is 12.1 Å². The summed E-state index contributed by atoms with van der Waals surface area (Å²) in [6, 6.07) is 6.91. The van der Waals surface area contributed by atoms with Crippen molar-refractivity contribution in [1.29, 1.82) is 0 Å². The first-order valence-electron chi connectivity index (χ1n) is 7.25. The molecule has 2 atom stereocenters. The number of hydrogen-bond donors (Lipinski definition) is 1. The Labute approximate surface area is 116 Å². The molecule has 3 heteroatoms. The highest BCUT2D eigenvalue weighted by Gasteiger charge is 2.25. The lowest BCUT2D eigenvalue weighted by Gasteiger charge is -2.38. The van der Waals surface area contributed by atoms with E-state index in [4.69, 9.17) is 10.5 Å². The van der Waals surface area contributed by atoms with Crippen LogP contribution in [0.4, 0.5) is 0 Å². The molecule has 2 rings (SSSR count). The van der Waals surface area contributed by atoms with Crippen molar-refractivity contribution < 1.29 is 4.74 Å². The zero-order chi connectivity index (χ0) is 13.8. The van der Waals surface area contributed by atoms with Crippen molar-refractivity contribution in [1.82, 2.24) is 4.90 Å². The van der Waals surface area contributed by atoms with Gasteiger partial charge in [0, 0.05) is 24.7 Å². The fraction of sp³-hybridized carbons (Fsp3) is 0.625. The van der Waals surface area contributed by atoms with Crippen LogP contribution in [0, 0.1) is 5.92 Å². The summed E-state index contributed by atoms with van der Waals surface area (Å²) in [5.74, 6) is 1.75. The van der Waals surface area contributed by atoms with Gasteiger partial charge in [-0.1, -0.05) is 13.0 Å². The van der Waals surface area contributed by atoms with Gasteiger partial charge in [-0.2, -0.15) is 0 Å². The quantitative estimate of drug-likeness (QED) is 0.907. The van der Waals surface area contributed by atoms with Gasteiger partial charge < -0.3 is 10.5 Å². The van der Waals surface area contributed by atoms with E-state index in [0.717, 1.165) is 18.2 Å². The second-order valence-electron chi connectivity index (χ2n) is 5.68. The van der Waals surface area contributed by atoms with Crippen LogP contribution in [0.15, 0.2) is 18.2 Å². The summed E-state index contributed by atoms with van der Waals surface area (Å²) in [4.78, 5) is 2.56. The van der Waals surface area contributed by atoms with Crippen molar-refractivity contribution in [3.8, 4) is 5.75 Å². The fourth-order valence-corrected chi connectivity index (χ4v) is 2.95. The van der Waals surface area contributed by atoms with Crippen LogP contribution < -0.4 is 10.5 Å². The lowest BCUT2D eigenvalue weighted by atomic mass is 9.91. The van der Waals surface area contributed by atoms with Crippen LogP contribution in [0.25, 0.3) is 0 Å². The van der Waals surface area contributed by atoms with Crippen molar-refractivity contribution in [3.05, 3.63) is 29.3 Å². The van der Waals surface area contributed by atoms with E-state index >= 15 is 0 Å². The van der Waals surface area contributed by atoms with Crippen LogP contribution in [0.3, 0.4) is 0 Å². The third kappa shape index (κ3) is 3.28. The highest BCUT2D eigenvalue weighted by atomic mass is 16.5. The lowest BCUT2D eigenvalue weighted by Crippen LogP contribution is -2.41. The Morgan fingerprint density at radius 3 is 2.84 bits per heavy atom. The Hall–Kier alpha value is -1.06. The van der Waals surface area contributed by atoms with Gasteiger partial charge in [0.15, 0.2) is 0 Å². The first-order chi connectivity index (χ1) is 9.15. The molecule has 1 aromatic carbocycles. The summed E-state index contributed by atoms with van der Waals surface area (Å²) in [7, 11) is 1.74. The smallest absolute Gasteiger partial charge is 0.123 e. The van der Waals surface area contributed by atoms with Crippen LogP contribution in [-0.4, -0.2) is 24.6 Å². The van der Waals surface area contributed by atoms with Gasteiger partial charge in [0.25, 0.3) is 0 Å². The molecule has 2 unspecified atom stereocenters. The molecular formula is C16H26N2O. The molecule has 0 aliphatic carbocycles. The Balaban J connectivity index is 2.17. The van der Waals surface area contributed by atoms with Crippen LogP contribution >= 0.6 is 0 Å². The van der Waals surface area contributed by atoms with Gasteiger partial charge in [0.1, 0.15) is 5.75 Å². The third-order valence-electron chi connectivity index (χ3n) is 4.46. The highest BCUT2D eigenvalue weighted by molar-refractivity contribution is 5.37. The molecule has 1 saturated heterocycles. The fourth-order valence-electron chi connectivity index (χ4n) is 2.95. The first kappa shape index (κ1) is 14.4. The molecule has 0 bridgehead atoms. The average molecular weight is 262 g/mol. The number of hydrogen-bond acceptors (Lipinski definition) is 3. The molecule has 106 valence electrons. The van der Waals surface area contributed by atoms with E-state index in [2.05, 4.69) is 24.8 Å². The minimum absolute atomic E-state index is 0.586. The number of benzene rings is 1. The number of rotatable bonds is 4. The maximum atomic E-state index is 5.74. The molecule has 1 aliphatic rings. The Bertz CT molecular complexity index is 419. The largest absolute Gasteiger partial charge is 0.496 e. The summed E-state index contributed by atoms with van der Waals surface area (Å²) in [6.07, 6.45) is 2.64. The van der Waals surface area contributed by atoms with Gasteiger partial charge >= 0.3 is 0 Å². The number of methoxy groups -OCH3 is 1. The summed E-state index contributed by atoms with van der Waals surface area (Å²) >= 11 is 0. The van der Waals surface area contributed by atoms with Crippen molar-refractivity contribution in [2.24, 2.45) is 11.7 Å². The monoisotopic (exact) mass is 262 g/mol. The molecule has 0 amide bonds. The minimum atomic E-state index is 0.586. The number of nitrogens with zero attached hydrogens (tertiary/aromatic N) is 1. The predicted molar refractivity (Wildman–Crippen MR) is 79.2 cm³/mol. The van der Waals surface area contributed by atoms with Crippen LogP contribution in [0.5, 0.6) is 5.75 Å². The molecule has 0 spiro atoms. The molecule has 1 aromatic rings. The summed E-state index contributed by atoms with van der Waals surface area (Å²) in [5.41, 5.74) is 8.17. The molecule has 0 radical (unpaired) electrons. The Kier molecular flexibility index (Phi) is 4.83. The lowest BCUT2D eigenvalue weighted by molar-refractivity contribution is 0.105. The zero-order valence-corrected chi connectivity index (χ0v) is 12.4. The average Bonchev–Trinajstić information content (AvgIpc) is 2.43. The molecule has 0 saturated carbocycles. The van der Waals surface area contributed by atoms with Crippen LogP contribution in [-0.2, 0) is 13.1 Å². The van der Waals surface area contributed by atoms with Crippen molar-refractivity contribution >= 4 is 0 Å². The zero-order valence-electron chi connectivity index (χ0n) is 12.4. The number of ether oxygens (including phenoxy) is 1. The Morgan fingerprint density at radius 1 is 1.37 bits per heavy atom. The molecule has 0 aromatic heterocycles. The molecule has 1 fully saturated rings. The maximum absolute atomic E-state index is 5.74. The first-order valence-corrected chi connectivity index (χ1v) is 7.25. The standard InChI is InChI=1S/C16H26N2O/c1-12-5-4-8-18(13(12)2)11-15-9-14(10-17)6-7-16(15)19-3/h6-7,9,12-13H,4-5,8,10-11,17H2,1-3H3. The molecule has 1 aliphatic heterocycles. The molecule has 1 heterocycles. The topological polar surface area (TPSA) is 38.5 Å². The maximum Gasteiger partial charge on any atom is 0.123 e. The van der Waals surface area contributed by atoms with Gasteiger partial charge in [0.2, 0.25) is 0 Å². The van der Waals surface area contributed by atoms with Crippen LogP contribution in [0.1, 0.15) is 37.8 Å². The van der Waals surface area contributed by atoms with Gasteiger partial charge in [-0.05, 0) is 49.9 Å². The number of likely N-dealkylation sites (tertiary alicyclic amines) is 1. The van der Waals surface area contributed by atoms with Crippen molar-refractivity contribution in [2.75, 3.05) is 13.7 Å². The van der Waals surface area contributed by atoms with E-state index < -0.39 is 0 Å². The number of piperidine rings is 1. The normalized spacial score (nSPS) is 24.4. The van der Waals surface area contributed by atoms with E-state index in [9.17, 15) is 0 Å². The summed E-state index contributed by atoms with van der Waals surface area (Å²) in [6.45, 7) is 7.42.